The number of benzene rings is 1. The van der Waals surface area contributed by atoms with Crippen molar-refractivity contribution >= 4 is 5.91 Å². The van der Waals surface area contributed by atoms with E-state index in [4.69, 9.17) is 5.73 Å². The Labute approximate surface area is 136 Å². The second kappa shape index (κ2) is 7.37. The topological polar surface area (TPSA) is 85.8 Å². The third kappa shape index (κ3) is 3.96. The Balaban J connectivity index is 1.68. The normalized spacial score (nSPS) is 17.0. The molecule has 0 aliphatic heterocycles. The average Bonchev–Trinajstić information content (AvgIpc) is 3.03. The van der Waals surface area contributed by atoms with Crippen LogP contribution in [0.5, 0.6) is 0 Å². The third-order valence-electron chi connectivity index (χ3n) is 4.38. The summed E-state index contributed by atoms with van der Waals surface area (Å²) in [6.07, 6.45) is 8.18. The predicted molar refractivity (Wildman–Crippen MR) is 87.5 cm³/mol. The number of nitrogens with one attached hydrogen (secondary N) is 1. The summed E-state index contributed by atoms with van der Waals surface area (Å²) >= 11 is 0. The Morgan fingerprint density at radius 2 is 2.00 bits per heavy atom. The molecule has 122 valence electrons. The smallest absolute Gasteiger partial charge is 0.246 e. The quantitative estimate of drug-likeness (QED) is 0.851. The molecule has 1 aromatic heterocycles. The van der Waals surface area contributed by atoms with Crippen LogP contribution in [0.2, 0.25) is 0 Å². The van der Waals surface area contributed by atoms with Gasteiger partial charge < -0.3 is 11.1 Å². The molecule has 0 radical (unpaired) electrons. The van der Waals surface area contributed by atoms with Crippen LogP contribution in [0.1, 0.15) is 49.4 Å². The molecule has 1 amide bonds. The first kappa shape index (κ1) is 15.7. The van der Waals surface area contributed by atoms with Gasteiger partial charge in [-0.1, -0.05) is 54.8 Å². The van der Waals surface area contributed by atoms with E-state index in [0.29, 0.717) is 12.6 Å². The summed E-state index contributed by atoms with van der Waals surface area (Å²) in [6.45, 7) is 0.672. The van der Waals surface area contributed by atoms with Crippen LogP contribution in [0.3, 0.4) is 0 Å². The molecule has 1 heterocycles. The van der Waals surface area contributed by atoms with Crippen molar-refractivity contribution in [2.75, 3.05) is 0 Å². The van der Waals surface area contributed by atoms with Crippen molar-refractivity contribution in [1.82, 2.24) is 20.3 Å². The molecule has 6 nitrogen and oxygen atoms in total. The summed E-state index contributed by atoms with van der Waals surface area (Å²) in [5.74, 6) is -0.437. The summed E-state index contributed by atoms with van der Waals surface area (Å²) in [5.41, 5.74) is 7.21. The molecule has 0 bridgehead atoms. The fourth-order valence-electron chi connectivity index (χ4n) is 3.16. The Morgan fingerprint density at radius 3 is 2.70 bits per heavy atom. The van der Waals surface area contributed by atoms with E-state index in [1.54, 1.807) is 10.9 Å². The van der Waals surface area contributed by atoms with E-state index in [0.717, 1.165) is 11.3 Å². The van der Waals surface area contributed by atoms with Crippen molar-refractivity contribution in [2.24, 2.45) is 5.73 Å². The van der Waals surface area contributed by atoms with Crippen LogP contribution in [0.25, 0.3) is 0 Å². The number of nitrogens with zero attached hydrogens (tertiary/aromatic N) is 3. The summed E-state index contributed by atoms with van der Waals surface area (Å²) in [5, 5.41) is 11.8. The number of hydrogen-bond donors (Lipinski definition) is 2. The van der Waals surface area contributed by atoms with Crippen LogP contribution in [0, 0.1) is 0 Å². The Morgan fingerprint density at radius 1 is 1.26 bits per heavy atom. The van der Waals surface area contributed by atoms with Gasteiger partial charge in [-0.25, -0.2) is 4.68 Å². The lowest BCUT2D eigenvalue weighted by molar-refractivity contribution is -0.120. The van der Waals surface area contributed by atoms with Gasteiger partial charge in [0.15, 0.2) is 6.04 Å². The van der Waals surface area contributed by atoms with Gasteiger partial charge in [-0.3, -0.25) is 4.79 Å². The van der Waals surface area contributed by atoms with E-state index >= 15 is 0 Å². The van der Waals surface area contributed by atoms with Gasteiger partial charge in [-0.05, 0) is 18.4 Å². The minimum atomic E-state index is -0.618. The first-order chi connectivity index (χ1) is 11.2. The van der Waals surface area contributed by atoms with Gasteiger partial charge in [-0.2, -0.15) is 0 Å². The molecule has 0 spiro atoms. The molecule has 1 aromatic carbocycles. The van der Waals surface area contributed by atoms with Crippen LogP contribution in [0.15, 0.2) is 36.5 Å². The van der Waals surface area contributed by atoms with Gasteiger partial charge in [0.1, 0.15) is 0 Å². The number of nitrogens with two attached hydrogens (primary N) is 1. The third-order valence-corrected chi connectivity index (χ3v) is 4.38. The Hall–Kier alpha value is -2.21. The molecule has 1 aliphatic carbocycles. The highest BCUT2D eigenvalue weighted by Gasteiger charge is 2.21. The molecule has 3 rings (SSSR count). The van der Waals surface area contributed by atoms with Crippen molar-refractivity contribution < 1.29 is 4.79 Å². The van der Waals surface area contributed by atoms with E-state index in [2.05, 4.69) is 15.6 Å². The number of carbonyl (C=O) groups is 1. The molecule has 0 saturated heterocycles. The van der Waals surface area contributed by atoms with E-state index in [1.165, 1.54) is 32.1 Å². The highest BCUT2D eigenvalue weighted by Crippen LogP contribution is 2.19. The first-order valence-corrected chi connectivity index (χ1v) is 8.22. The predicted octanol–water partition coefficient (Wildman–Crippen LogP) is 1.78. The number of amides is 1. The molecule has 3 N–H and O–H groups in total. The fourth-order valence-corrected chi connectivity index (χ4v) is 3.16. The van der Waals surface area contributed by atoms with Gasteiger partial charge in [0.25, 0.3) is 0 Å². The van der Waals surface area contributed by atoms with Crippen molar-refractivity contribution in [2.45, 2.75) is 50.7 Å². The monoisotopic (exact) mass is 313 g/mol. The van der Waals surface area contributed by atoms with E-state index in [-0.39, 0.29) is 0 Å². The zero-order valence-corrected chi connectivity index (χ0v) is 13.2. The largest absolute Gasteiger partial charge is 0.368 e. The van der Waals surface area contributed by atoms with E-state index in [9.17, 15) is 4.79 Å². The molecule has 23 heavy (non-hydrogen) atoms. The average molecular weight is 313 g/mol. The number of carbonyl (C=O) groups excluding carboxylic acids is 1. The van der Waals surface area contributed by atoms with Crippen molar-refractivity contribution in [3.63, 3.8) is 0 Å². The van der Waals surface area contributed by atoms with Gasteiger partial charge in [-0.15, -0.1) is 5.10 Å². The minimum absolute atomic E-state index is 0.437. The zero-order chi connectivity index (χ0) is 16.1. The molecule has 1 unspecified atom stereocenters. The summed E-state index contributed by atoms with van der Waals surface area (Å²) in [4.78, 5) is 11.8. The lowest BCUT2D eigenvalue weighted by Gasteiger charge is -2.22. The fraction of sp³-hybridized carbons (Fsp3) is 0.471. The van der Waals surface area contributed by atoms with Crippen LogP contribution < -0.4 is 11.1 Å². The highest BCUT2D eigenvalue weighted by atomic mass is 16.1. The number of hydrogen-bond acceptors (Lipinski definition) is 4. The maximum Gasteiger partial charge on any atom is 0.246 e. The molecule has 1 saturated carbocycles. The highest BCUT2D eigenvalue weighted by molar-refractivity contribution is 5.81. The second-order valence-electron chi connectivity index (χ2n) is 6.12. The Kier molecular flexibility index (Phi) is 5.02. The van der Waals surface area contributed by atoms with Crippen molar-refractivity contribution in [3.8, 4) is 0 Å². The van der Waals surface area contributed by atoms with Gasteiger partial charge in [0.2, 0.25) is 5.91 Å². The zero-order valence-electron chi connectivity index (χ0n) is 13.2. The van der Waals surface area contributed by atoms with Gasteiger partial charge in [0.05, 0.1) is 11.9 Å². The lowest BCUT2D eigenvalue weighted by atomic mass is 9.95. The molecule has 2 aromatic rings. The number of primary amides is 1. The minimum Gasteiger partial charge on any atom is -0.368 e. The molecule has 1 fully saturated rings. The van der Waals surface area contributed by atoms with Crippen LogP contribution >= 0.6 is 0 Å². The Bertz CT molecular complexity index is 633. The van der Waals surface area contributed by atoms with E-state index < -0.39 is 11.9 Å². The number of rotatable bonds is 6. The molecule has 1 aliphatic rings. The molecular formula is C17H23N5O. The van der Waals surface area contributed by atoms with Crippen molar-refractivity contribution in [3.05, 3.63) is 47.8 Å². The number of aromatic nitrogens is 3. The van der Waals surface area contributed by atoms with Crippen molar-refractivity contribution in [1.29, 1.82) is 0 Å². The standard InChI is InChI=1S/C17H23N5O/c18-17(23)16(13-7-3-1-4-8-13)22-12-15(20-21-22)11-19-14-9-5-2-6-10-14/h1,3-4,7-8,12,14,16,19H,2,5-6,9-11H2,(H2,18,23). The summed E-state index contributed by atoms with van der Waals surface area (Å²) < 4.78 is 1.55. The van der Waals surface area contributed by atoms with E-state index in [1.807, 2.05) is 30.3 Å². The molecular weight excluding hydrogens is 290 g/mol. The maximum absolute atomic E-state index is 11.8. The van der Waals surface area contributed by atoms with Crippen LogP contribution in [0.4, 0.5) is 0 Å². The SMILES string of the molecule is NC(=O)C(c1ccccc1)n1cc(CNC2CCCCC2)nn1. The lowest BCUT2D eigenvalue weighted by Crippen LogP contribution is -2.30. The van der Waals surface area contributed by atoms with Gasteiger partial charge in [0, 0.05) is 12.6 Å². The molecule has 6 heteroatoms. The maximum atomic E-state index is 11.8. The van der Waals surface area contributed by atoms with Crippen LogP contribution in [-0.4, -0.2) is 26.9 Å². The first-order valence-electron chi connectivity index (χ1n) is 8.22. The van der Waals surface area contributed by atoms with Gasteiger partial charge >= 0.3 is 0 Å². The summed E-state index contributed by atoms with van der Waals surface area (Å²) in [6, 6.07) is 9.36. The summed E-state index contributed by atoms with van der Waals surface area (Å²) in [7, 11) is 0. The second-order valence-corrected chi connectivity index (χ2v) is 6.12. The van der Waals surface area contributed by atoms with Crippen LogP contribution in [-0.2, 0) is 11.3 Å². The molecule has 1 atom stereocenters.